The molecule has 0 aliphatic heterocycles. The number of fused-ring (bicyclic) bond motifs is 9. The fraction of sp³-hybridized carbons (Fsp3) is 0.867. The minimum atomic E-state index is 0.448. The first-order valence-electron chi connectivity index (χ1n) is 7.14. The maximum atomic E-state index is 9.66. The number of hydrogen-bond donors (Lipinski definition) is 1. The molecule has 4 aliphatic rings. The van der Waals surface area contributed by atoms with Gasteiger partial charge in [-0.1, -0.05) is 25.5 Å². The molecule has 88 valence electrons. The van der Waals surface area contributed by atoms with Crippen LogP contribution >= 0.6 is 0 Å². The molecule has 3 fully saturated rings. The van der Waals surface area contributed by atoms with Gasteiger partial charge in [-0.25, -0.2) is 0 Å². The standard InChI is InChI=1S/C15H22O/c1-2-10-11-6-12(13(10)7-16)15-9-4-3-8(5-9)14(11)15/h3-4,8-16H,2,5-7H2,1H3. The Morgan fingerprint density at radius 1 is 1.00 bits per heavy atom. The SMILES string of the molecule is CCC1C(CO)C2CC1C1C3C=CC(C3)C21. The maximum Gasteiger partial charge on any atom is 0.0464 e. The zero-order chi connectivity index (χ0) is 10.9. The van der Waals surface area contributed by atoms with Crippen LogP contribution < -0.4 is 0 Å². The van der Waals surface area contributed by atoms with E-state index >= 15 is 0 Å². The van der Waals surface area contributed by atoms with Gasteiger partial charge in [0.25, 0.3) is 0 Å². The second kappa shape index (κ2) is 3.13. The molecule has 16 heavy (non-hydrogen) atoms. The molecule has 4 aliphatic carbocycles. The van der Waals surface area contributed by atoms with E-state index in [1.54, 1.807) is 0 Å². The molecule has 3 saturated carbocycles. The van der Waals surface area contributed by atoms with Gasteiger partial charge in [0.1, 0.15) is 0 Å². The summed E-state index contributed by atoms with van der Waals surface area (Å²) in [6.07, 6.45) is 9.16. The van der Waals surface area contributed by atoms with Crippen LogP contribution in [0.3, 0.4) is 0 Å². The second-order valence-corrected chi connectivity index (χ2v) is 6.58. The van der Waals surface area contributed by atoms with Crippen LogP contribution in [0.15, 0.2) is 12.2 Å². The van der Waals surface area contributed by atoms with Gasteiger partial charge in [0.2, 0.25) is 0 Å². The predicted molar refractivity (Wildman–Crippen MR) is 63.7 cm³/mol. The lowest BCUT2D eigenvalue weighted by Gasteiger charge is -2.41. The monoisotopic (exact) mass is 218 g/mol. The zero-order valence-electron chi connectivity index (χ0n) is 10.0. The van der Waals surface area contributed by atoms with E-state index in [0.717, 1.165) is 41.4 Å². The lowest BCUT2D eigenvalue weighted by molar-refractivity contribution is 0.0462. The molecule has 1 N–H and O–H groups in total. The van der Waals surface area contributed by atoms with Crippen molar-refractivity contribution in [2.24, 2.45) is 47.3 Å². The van der Waals surface area contributed by atoms with Gasteiger partial charge in [0.05, 0.1) is 0 Å². The van der Waals surface area contributed by atoms with Gasteiger partial charge in [-0.05, 0) is 60.2 Å². The van der Waals surface area contributed by atoms with E-state index in [2.05, 4.69) is 19.1 Å². The van der Waals surface area contributed by atoms with Crippen LogP contribution in [0.2, 0.25) is 0 Å². The molecule has 0 aromatic heterocycles. The summed E-state index contributed by atoms with van der Waals surface area (Å²) in [5.74, 6) is 7.07. The highest BCUT2D eigenvalue weighted by Gasteiger charge is 2.63. The normalized spacial score (nSPS) is 60.9. The molecule has 0 amide bonds. The average Bonchev–Trinajstić information content (AvgIpc) is 3.03. The van der Waals surface area contributed by atoms with Gasteiger partial charge in [0, 0.05) is 6.61 Å². The van der Waals surface area contributed by atoms with Crippen molar-refractivity contribution in [3.63, 3.8) is 0 Å². The highest BCUT2D eigenvalue weighted by Crippen LogP contribution is 2.68. The summed E-state index contributed by atoms with van der Waals surface area (Å²) in [4.78, 5) is 0. The molecule has 0 aromatic rings. The highest BCUT2D eigenvalue weighted by molar-refractivity contribution is 5.21. The Labute approximate surface area is 97.9 Å². The third kappa shape index (κ3) is 0.932. The van der Waals surface area contributed by atoms with Gasteiger partial charge in [-0.15, -0.1) is 0 Å². The number of allylic oxidation sites excluding steroid dienone is 2. The van der Waals surface area contributed by atoms with Crippen LogP contribution in [0, 0.1) is 47.3 Å². The van der Waals surface area contributed by atoms with Crippen LogP contribution in [-0.4, -0.2) is 11.7 Å². The Bertz CT molecular complexity index is 304. The summed E-state index contributed by atoms with van der Waals surface area (Å²) < 4.78 is 0. The van der Waals surface area contributed by atoms with Crippen LogP contribution in [0.4, 0.5) is 0 Å². The molecular weight excluding hydrogens is 196 g/mol. The van der Waals surface area contributed by atoms with Gasteiger partial charge in [-0.3, -0.25) is 0 Å². The van der Waals surface area contributed by atoms with Gasteiger partial charge >= 0.3 is 0 Å². The van der Waals surface area contributed by atoms with Crippen LogP contribution in [0.5, 0.6) is 0 Å². The molecule has 0 saturated heterocycles. The van der Waals surface area contributed by atoms with E-state index in [1.165, 1.54) is 19.3 Å². The summed E-state index contributed by atoms with van der Waals surface area (Å²) in [5.41, 5.74) is 0. The Hall–Kier alpha value is -0.300. The maximum absolute atomic E-state index is 9.66. The van der Waals surface area contributed by atoms with E-state index in [9.17, 15) is 5.11 Å². The predicted octanol–water partition coefficient (Wildman–Crippen LogP) is 2.71. The van der Waals surface area contributed by atoms with Crippen molar-refractivity contribution in [1.82, 2.24) is 0 Å². The average molecular weight is 218 g/mol. The number of hydrogen-bond acceptors (Lipinski definition) is 1. The van der Waals surface area contributed by atoms with Crippen LogP contribution in [-0.2, 0) is 0 Å². The smallest absolute Gasteiger partial charge is 0.0464 e. The quantitative estimate of drug-likeness (QED) is 0.558. The van der Waals surface area contributed by atoms with E-state index < -0.39 is 0 Å². The Morgan fingerprint density at radius 2 is 1.62 bits per heavy atom. The molecule has 8 atom stereocenters. The van der Waals surface area contributed by atoms with Crippen molar-refractivity contribution in [3.8, 4) is 0 Å². The lowest BCUT2D eigenvalue weighted by Crippen LogP contribution is -2.38. The van der Waals surface area contributed by atoms with Crippen LogP contribution in [0.25, 0.3) is 0 Å². The van der Waals surface area contributed by atoms with Gasteiger partial charge < -0.3 is 5.11 Å². The fourth-order valence-electron chi connectivity index (χ4n) is 6.16. The molecule has 4 bridgehead atoms. The third-order valence-electron chi connectivity index (χ3n) is 6.45. The molecule has 0 heterocycles. The van der Waals surface area contributed by atoms with Gasteiger partial charge in [0.15, 0.2) is 0 Å². The molecule has 1 heteroatoms. The van der Waals surface area contributed by atoms with Crippen molar-refractivity contribution in [1.29, 1.82) is 0 Å². The molecule has 0 aromatic carbocycles. The van der Waals surface area contributed by atoms with Crippen molar-refractivity contribution in [2.75, 3.05) is 6.61 Å². The first-order chi connectivity index (χ1) is 7.85. The van der Waals surface area contributed by atoms with E-state index in [-0.39, 0.29) is 0 Å². The molecule has 0 radical (unpaired) electrons. The lowest BCUT2D eigenvalue weighted by atomic mass is 9.64. The number of rotatable bonds is 2. The Balaban J connectivity index is 1.71. The fourth-order valence-corrected chi connectivity index (χ4v) is 6.16. The second-order valence-electron chi connectivity index (χ2n) is 6.58. The van der Waals surface area contributed by atoms with E-state index in [1.807, 2.05) is 0 Å². The summed E-state index contributed by atoms with van der Waals surface area (Å²) in [6.45, 7) is 2.77. The Kier molecular flexibility index (Phi) is 1.90. The summed E-state index contributed by atoms with van der Waals surface area (Å²) in [7, 11) is 0. The van der Waals surface area contributed by atoms with Gasteiger partial charge in [-0.2, -0.15) is 0 Å². The van der Waals surface area contributed by atoms with Crippen molar-refractivity contribution in [2.45, 2.75) is 26.2 Å². The summed E-state index contributed by atoms with van der Waals surface area (Å²) in [6, 6.07) is 0. The third-order valence-corrected chi connectivity index (χ3v) is 6.45. The minimum Gasteiger partial charge on any atom is -0.396 e. The topological polar surface area (TPSA) is 20.2 Å². The first kappa shape index (κ1) is 9.70. The zero-order valence-corrected chi connectivity index (χ0v) is 10.0. The summed E-state index contributed by atoms with van der Waals surface area (Å²) in [5, 5.41) is 9.66. The van der Waals surface area contributed by atoms with Crippen molar-refractivity contribution >= 4 is 0 Å². The highest BCUT2D eigenvalue weighted by atomic mass is 16.3. The molecule has 8 unspecified atom stereocenters. The molecule has 1 nitrogen and oxygen atoms in total. The largest absolute Gasteiger partial charge is 0.396 e. The number of aliphatic hydroxyl groups is 1. The summed E-state index contributed by atoms with van der Waals surface area (Å²) >= 11 is 0. The van der Waals surface area contributed by atoms with E-state index in [0.29, 0.717) is 12.5 Å². The molecule has 0 spiro atoms. The van der Waals surface area contributed by atoms with E-state index in [4.69, 9.17) is 0 Å². The molecule has 4 rings (SSSR count). The minimum absolute atomic E-state index is 0.448. The molecular formula is C15H22O. The Morgan fingerprint density at radius 3 is 2.19 bits per heavy atom. The number of aliphatic hydroxyl groups excluding tert-OH is 1. The van der Waals surface area contributed by atoms with Crippen molar-refractivity contribution < 1.29 is 5.11 Å². The first-order valence-corrected chi connectivity index (χ1v) is 7.14. The van der Waals surface area contributed by atoms with Crippen LogP contribution in [0.1, 0.15) is 26.2 Å². The van der Waals surface area contributed by atoms with Crippen molar-refractivity contribution in [3.05, 3.63) is 12.2 Å².